The van der Waals surface area contributed by atoms with Crippen LogP contribution in [0.2, 0.25) is 0 Å². The van der Waals surface area contributed by atoms with Crippen LogP contribution in [0.15, 0.2) is 28.9 Å². The van der Waals surface area contributed by atoms with E-state index >= 15 is 0 Å². The summed E-state index contributed by atoms with van der Waals surface area (Å²) in [7, 11) is -2.35. The van der Waals surface area contributed by atoms with Crippen molar-refractivity contribution in [2.75, 3.05) is 0 Å². The Labute approximate surface area is 122 Å². The zero-order chi connectivity index (χ0) is 15.0. The monoisotopic (exact) mass is 324 g/mol. The average Bonchev–Trinajstić information content (AvgIpc) is 3.08. The number of carbonyl (C=O) groups is 1. The van der Waals surface area contributed by atoms with E-state index in [0.717, 1.165) is 17.0 Å². The molecule has 0 unspecified atom stereocenters. The second kappa shape index (κ2) is 4.86. The number of nitrogens with one attached hydrogen (secondary N) is 1. The lowest BCUT2D eigenvalue weighted by Gasteiger charge is -2.03. The lowest BCUT2D eigenvalue weighted by molar-refractivity contribution is 0.0981. The molecular formula is C10H8N6O3S2. The minimum atomic E-state index is -4.06. The van der Waals surface area contributed by atoms with Crippen LogP contribution >= 0.6 is 11.5 Å². The van der Waals surface area contributed by atoms with Gasteiger partial charge in [-0.25, -0.2) is 14.4 Å². The fourth-order valence-corrected chi connectivity index (χ4v) is 3.25. The number of fused-ring (bicyclic) bond motifs is 1. The molecule has 11 heteroatoms. The molecule has 0 saturated heterocycles. The van der Waals surface area contributed by atoms with Crippen molar-refractivity contribution in [3.63, 3.8) is 0 Å². The highest BCUT2D eigenvalue weighted by molar-refractivity contribution is 7.90. The minimum Gasteiger partial charge on any atom is -0.268 e. The summed E-state index contributed by atoms with van der Waals surface area (Å²) in [5, 5.41) is 7.25. The van der Waals surface area contributed by atoms with E-state index in [1.807, 2.05) is 4.72 Å². The van der Waals surface area contributed by atoms with Gasteiger partial charge in [-0.1, -0.05) is 5.21 Å². The van der Waals surface area contributed by atoms with Crippen molar-refractivity contribution < 1.29 is 13.2 Å². The highest BCUT2D eigenvalue weighted by Crippen LogP contribution is 2.13. The molecule has 0 radical (unpaired) electrons. The van der Waals surface area contributed by atoms with Crippen molar-refractivity contribution in [1.29, 1.82) is 0 Å². The van der Waals surface area contributed by atoms with Crippen molar-refractivity contribution in [1.82, 2.24) is 29.1 Å². The summed E-state index contributed by atoms with van der Waals surface area (Å²) in [6.45, 7) is 0. The third-order valence-corrected chi connectivity index (χ3v) is 4.41. The second-order valence-electron chi connectivity index (χ2n) is 4.06. The van der Waals surface area contributed by atoms with Crippen LogP contribution in [0.5, 0.6) is 0 Å². The number of benzene rings is 1. The Kier molecular flexibility index (Phi) is 3.14. The van der Waals surface area contributed by atoms with Crippen LogP contribution in [0.25, 0.3) is 11.0 Å². The Balaban J connectivity index is 1.90. The van der Waals surface area contributed by atoms with Crippen molar-refractivity contribution >= 4 is 38.5 Å². The summed E-state index contributed by atoms with van der Waals surface area (Å²) in [4.78, 5) is 15.6. The molecular weight excluding hydrogens is 316 g/mol. The average molecular weight is 324 g/mol. The normalized spacial score (nSPS) is 11.7. The van der Waals surface area contributed by atoms with E-state index in [1.54, 1.807) is 17.8 Å². The van der Waals surface area contributed by atoms with Crippen LogP contribution in [-0.2, 0) is 17.1 Å². The van der Waals surface area contributed by atoms with E-state index in [4.69, 9.17) is 0 Å². The van der Waals surface area contributed by atoms with E-state index in [9.17, 15) is 13.2 Å². The molecule has 0 spiro atoms. The Morgan fingerprint density at radius 1 is 1.38 bits per heavy atom. The van der Waals surface area contributed by atoms with Crippen molar-refractivity contribution in [2.45, 2.75) is 5.16 Å². The number of amides is 1. The summed E-state index contributed by atoms with van der Waals surface area (Å²) in [5.41, 5.74) is 2.65. The summed E-state index contributed by atoms with van der Waals surface area (Å²) in [6, 6.07) is 4.59. The molecule has 9 nitrogen and oxygen atoms in total. The van der Waals surface area contributed by atoms with Gasteiger partial charge in [0, 0.05) is 12.6 Å². The van der Waals surface area contributed by atoms with Crippen LogP contribution in [0.1, 0.15) is 10.4 Å². The lowest BCUT2D eigenvalue weighted by Crippen LogP contribution is -2.31. The molecule has 0 aliphatic carbocycles. The summed E-state index contributed by atoms with van der Waals surface area (Å²) >= 11 is 0.881. The fourth-order valence-electron chi connectivity index (χ4n) is 1.69. The first-order valence-corrected chi connectivity index (χ1v) is 7.92. The number of sulfonamides is 1. The highest BCUT2D eigenvalue weighted by atomic mass is 32.2. The summed E-state index contributed by atoms with van der Waals surface area (Å²) < 4.78 is 30.8. The molecule has 3 aromatic rings. The third kappa shape index (κ3) is 2.48. The van der Waals surface area contributed by atoms with Crippen LogP contribution in [-0.4, -0.2) is 38.7 Å². The fraction of sp³-hybridized carbons (Fsp3) is 0.100. The van der Waals surface area contributed by atoms with Crippen LogP contribution in [0.3, 0.4) is 0 Å². The maximum Gasteiger partial charge on any atom is 0.301 e. The van der Waals surface area contributed by atoms with Gasteiger partial charge in [0.2, 0.25) is 0 Å². The maximum atomic E-state index is 12.0. The number of aryl methyl sites for hydroxylation is 1. The number of nitrogens with zero attached hydrogens (tertiary/aromatic N) is 5. The van der Waals surface area contributed by atoms with Gasteiger partial charge in [0.05, 0.1) is 5.52 Å². The Morgan fingerprint density at radius 2 is 2.19 bits per heavy atom. The SMILES string of the molecule is Cn1nnc2cc(C(=O)NS(=O)(=O)c3ncsn3)ccc21. The molecule has 108 valence electrons. The molecule has 1 aromatic carbocycles. The number of carbonyl (C=O) groups excluding carboxylic acids is 1. The van der Waals surface area contributed by atoms with Crippen LogP contribution in [0, 0.1) is 0 Å². The topological polar surface area (TPSA) is 120 Å². The van der Waals surface area contributed by atoms with Gasteiger partial charge < -0.3 is 0 Å². The van der Waals surface area contributed by atoms with E-state index in [-0.39, 0.29) is 5.56 Å². The van der Waals surface area contributed by atoms with Gasteiger partial charge in [-0.05, 0) is 29.7 Å². The standard InChI is InChI=1S/C10H8N6O3S2/c1-16-8-3-2-6(4-7(8)12-15-16)9(17)14-21(18,19)10-11-5-20-13-10/h2-5H,1H3,(H,14,17). The van der Waals surface area contributed by atoms with Crippen molar-refractivity contribution in [2.24, 2.45) is 7.05 Å². The quantitative estimate of drug-likeness (QED) is 0.716. The first-order chi connectivity index (χ1) is 9.97. The van der Waals surface area contributed by atoms with Gasteiger partial charge in [-0.3, -0.25) is 4.79 Å². The predicted molar refractivity (Wildman–Crippen MR) is 73.1 cm³/mol. The van der Waals surface area contributed by atoms with Crippen molar-refractivity contribution in [3.05, 3.63) is 29.3 Å². The second-order valence-corrected chi connectivity index (χ2v) is 6.25. The molecule has 2 aromatic heterocycles. The first-order valence-electron chi connectivity index (χ1n) is 5.60. The van der Waals surface area contributed by atoms with E-state index < -0.39 is 21.1 Å². The lowest BCUT2D eigenvalue weighted by atomic mass is 10.2. The van der Waals surface area contributed by atoms with Gasteiger partial charge in [-0.2, -0.15) is 12.8 Å². The molecule has 1 amide bonds. The van der Waals surface area contributed by atoms with Gasteiger partial charge >= 0.3 is 10.0 Å². The molecule has 0 atom stereocenters. The molecule has 1 N–H and O–H groups in total. The van der Waals surface area contributed by atoms with E-state index in [0.29, 0.717) is 5.52 Å². The Hall–Kier alpha value is -2.40. The zero-order valence-corrected chi connectivity index (χ0v) is 12.2. The molecule has 0 fully saturated rings. The summed E-state index contributed by atoms with van der Waals surface area (Å²) in [5.74, 6) is -0.780. The predicted octanol–water partition coefficient (Wildman–Crippen LogP) is -0.0615. The third-order valence-electron chi connectivity index (χ3n) is 2.68. The van der Waals surface area contributed by atoms with E-state index in [1.165, 1.54) is 17.6 Å². The van der Waals surface area contributed by atoms with Gasteiger partial charge in [-0.15, -0.1) is 5.10 Å². The molecule has 0 saturated carbocycles. The Bertz CT molecular complexity index is 916. The van der Waals surface area contributed by atoms with Gasteiger partial charge in [0.25, 0.3) is 11.1 Å². The molecule has 0 aliphatic heterocycles. The van der Waals surface area contributed by atoms with Crippen molar-refractivity contribution in [3.8, 4) is 0 Å². The first kappa shape index (κ1) is 13.6. The summed E-state index contributed by atoms with van der Waals surface area (Å²) in [6.07, 6.45) is 0. The molecule has 3 rings (SSSR count). The maximum absolute atomic E-state index is 12.0. The van der Waals surface area contributed by atoms with E-state index in [2.05, 4.69) is 19.7 Å². The smallest absolute Gasteiger partial charge is 0.268 e. The van der Waals surface area contributed by atoms with Gasteiger partial charge in [0.15, 0.2) is 0 Å². The number of hydrogen-bond acceptors (Lipinski definition) is 8. The number of hydrogen-bond donors (Lipinski definition) is 1. The molecule has 21 heavy (non-hydrogen) atoms. The van der Waals surface area contributed by atoms with Crippen LogP contribution < -0.4 is 4.72 Å². The largest absolute Gasteiger partial charge is 0.301 e. The minimum absolute atomic E-state index is 0.154. The van der Waals surface area contributed by atoms with Crippen LogP contribution in [0.4, 0.5) is 0 Å². The Morgan fingerprint density at radius 3 is 2.90 bits per heavy atom. The highest BCUT2D eigenvalue weighted by Gasteiger charge is 2.22. The molecule has 0 aliphatic rings. The molecule has 2 heterocycles. The zero-order valence-electron chi connectivity index (χ0n) is 10.6. The molecule has 0 bridgehead atoms. The number of rotatable bonds is 3. The number of aromatic nitrogens is 5. The van der Waals surface area contributed by atoms with Gasteiger partial charge in [0.1, 0.15) is 11.0 Å².